The molecule has 1 rings (SSSR count). The summed E-state index contributed by atoms with van der Waals surface area (Å²) in [5.74, 6) is 0.902. The third-order valence-corrected chi connectivity index (χ3v) is 2.21. The Kier molecular flexibility index (Phi) is 5.22. The molecule has 6 heteroatoms. The van der Waals surface area contributed by atoms with Gasteiger partial charge in [-0.2, -0.15) is 0 Å². The van der Waals surface area contributed by atoms with E-state index < -0.39 is 0 Å². The van der Waals surface area contributed by atoms with E-state index in [-0.39, 0.29) is 5.91 Å². The summed E-state index contributed by atoms with van der Waals surface area (Å²) in [6.07, 6.45) is 1.94. The third-order valence-electron chi connectivity index (χ3n) is 2.21. The van der Waals surface area contributed by atoms with Crippen molar-refractivity contribution in [2.45, 2.75) is 13.0 Å². The second-order valence-corrected chi connectivity index (χ2v) is 3.39. The Balaban J connectivity index is 2.60. The van der Waals surface area contributed by atoms with Gasteiger partial charge in [-0.3, -0.25) is 9.78 Å². The molecule has 0 aliphatic heterocycles. The number of aromatic nitrogens is 1. The predicted molar refractivity (Wildman–Crippen MR) is 62.9 cm³/mol. The van der Waals surface area contributed by atoms with Crippen LogP contribution in [0.3, 0.4) is 0 Å². The van der Waals surface area contributed by atoms with Crippen LogP contribution in [-0.4, -0.2) is 31.7 Å². The molecule has 1 aromatic rings. The maximum atomic E-state index is 10.6. The van der Waals surface area contributed by atoms with E-state index in [2.05, 4.69) is 10.3 Å². The van der Waals surface area contributed by atoms with E-state index in [1.54, 1.807) is 26.5 Å². The summed E-state index contributed by atoms with van der Waals surface area (Å²) in [4.78, 5) is 14.7. The van der Waals surface area contributed by atoms with Crippen molar-refractivity contribution in [1.82, 2.24) is 10.3 Å². The molecule has 0 radical (unpaired) electrons. The average molecular weight is 239 g/mol. The molecule has 1 amide bonds. The lowest BCUT2D eigenvalue weighted by molar-refractivity contribution is -0.117. The minimum atomic E-state index is -0.330. The van der Waals surface area contributed by atoms with Crippen molar-refractivity contribution < 1.29 is 14.3 Å². The number of methoxy groups -OCH3 is 2. The standard InChI is InChI=1S/C11H17N3O3/c1-16-9-3-6-14-8(11(9)17-2)7-13-5-4-10(12)15/h3,6,13H,4-5,7H2,1-2H3,(H2,12,15). The van der Waals surface area contributed by atoms with Gasteiger partial charge in [0.05, 0.1) is 19.9 Å². The predicted octanol–water partition coefficient (Wildman–Crippen LogP) is 0.0638. The van der Waals surface area contributed by atoms with E-state index in [4.69, 9.17) is 15.2 Å². The number of nitrogens with two attached hydrogens (primary N) is 1. The number of rotatable bonds is 7. The van der Waals surface area contributed by atoms with Crippen LogP contribution in [0.2, 0.25) is 0 Å². The zero-order valence-corrected chi connectivity index (χ0v) is 10.0. The largest absolute Gasteiger partial charge is 0.493 e. The first-order valence-electron chi connectivity index (χ1n) is 5.24. The van der Waals surface area contributed by atoms with E-state index in [0.717, 1.165) is 5.69 Å². The Morgan fingerprint density at radius 1 is 1.47 bits per heavy atom. The van der Waals surface area contributed by atoms with Crippen LogP contribution in [0.5, 0.6) is 11.5 Å². The van der Waals surface area contributed by atoms with Crippen LogP contribution >= 0.6 is 0 Å². The van der Waals surface area contributed by atoms with Gasteiger partial charge in [-0.25, -0.2) is 0 Å². The molecule has 17 heavy (non-hydrogen) atoms. The summed E-state index contributed by atoms with van der Waals surface area (Å²) in [5, 5.41) is 3.06. The SMILES string of the molecule is COc1ccnc(CNCCC(N)=O)c1OC. The Bertz CT molecular complexity index is 382. The van der Waals surface area contributed by atoms with Gasteiger partial charge in [0, 0.05) is 31.8 Å². The molecule has 0 saturated carbocycles. The zero-order valence-electron chi connectivity index (χ0n) is 10.0. The Hall–Kier alpha value is -1.82. The van der Waals surface area contributed by atoms with Gasteiger partial charge in [-0.15, -0.1) is 0 Å². The summed E-state index contributed by atoms with van der Waals surface area (Å²) < 4.78 is 10.4. The van der Waals surface area contributed by atoms with Crippen LogP contribution in [0.4, 0.5) is 0 Å². The van der Waals surface area contributed by atoms with Crippen molar-refractivity contribution in [2.75, 3.05) is 20.8 Å². The van der Waals surface area contributed by atoms with Gasteiger partial charge in [-0.1, -0.05) is 0 Å². The van der Waals surface area contributed by atoms with E-state index in [1.165, 1.54) is 0 Å². The second kappa shape index (κ2) is 6.70. The van der Waals surface area contributed by atoms with Gasteiger partial charge in [0.1, 0.15) is 0 Å². The molecule has 6 nitrogen and oxygen atoms in total. The first-order chi connectivity index (χ1) is 8.19. The van der Waals surface area contributed by atoms with Gasteiger partial charge in [0.2, 0.25) is 5.91 Å². The summed E-state index contributed by atoms with van der Waals surface area (Å²) in [6, 6.07) is 1.73. The number of amides is 1. The van der Waals surface area contributed by atoms with Crippen molar-refractivity contribution >= 4 is 5.91 Å². The summed E-state index contributed by atoms with van der Waals surface area (Å²) in [7, 11) is 3.13. The first-order valence-corrected chi connectivity index (χ1v) is 5.24. The fourth-order valence-corrected chi connectivity index (χ4v) is 1.39. The molecule has 0 atom stereocenters. The molecule has 1 aromatic heterocycles. The Morgan fingerprint density at radius 3 is 2.82 bits per heavy atom. The van der Waals surface area contributed by atoms with Crippen LogP contribution in [0, 0.1) is 0 Å². The smallest absolute Gasteiger partial charge is 0.218 e. The summed E-state index contributed by atoms with van der Waals surface area (Å²) in [6.45, 7) is 1.00. The van der Waals surface area contributed by atoms with Gasteiger partial charge >= 0.3 is 0 Å². The topological polar surface area (TPSA) is 86.5 Å². The molecule has 0 aliphatic rings. The van der Waals surface area contributed by atoms with Crippen LogP contribution in [0.1, 0.15) is 12.1 Å². The maximum absolute atomic E-state index is 10.6. The highest BCUT2D eigenvalue weighted by molar-refractivity contribution is 5.73. The summed E-state index contributed by atoms with van der Waals surface area (Å²) in [5.41, 5.74) is 5.77. The van der Waals surface area contributed by atoms with Gasteiger partial charge in [0.15, 0.2) is 11.5 Å². The van der Waals surface area contributed by atoms with Crippen molar-refractivity contribution in [2.24, 2.45) is 5.73 Å². The monoisotopic (exact) mass is 239 g/mol. The molecule has 0 unspecified atom stereocenters. The lowest BCUT2D eigenvalue weighted by Crippen LogP contribution is -2.22. The van der Waals surface area contributed by atoms with Crippen LogP contribution in [0.25, 0.3) is 0 Å². The quantitative estimate of drug-likeness (QED) is 0.657. The van der Waals surface area contributed by atoms with Gasteiger partial charge in [-0.05, 0) is 0 Å². The molecule has 1 heterocycles. The average Bonchev–Trinajstić information content (AvgIpc) is 2.33. The van der Waals surface area contributed by atoms with Crippen LogP contribution in [-0.2, 0) is 11.3 Å². The van der Waals surface area contributed by atoms with E-state index in [0.29, 0.717) is 31.0 Å². The molecule has 3 N–H and O–H groups in total. The molecule has 0 aliphatic carbocycles. The number of primary amides is 1. The first kappa shape index (κ1) is 13.2. The Labute approximate surface area is 100 Å². The van der Waals surface area contributed by atoms with Gasteiger partial charge < -0.3 is 20.5 Å². The number of hydrogen-bond donors (Lipinski definition) is 2. The number of carbonyl (C=O) groups is 1. The number of nitrogens with zero attached hydrogens (tertiary/aromatic N) is 1. The fraction of sp³-hybridized carbons (Fsp3) is 0.455. The Morgan fingerprint density at radius 2 is 2.24 bits per heavy atom. The molecule has 0 aromatic carbocycles. The van der Waals surface area contributed by atoms with Crippen LogP contribution < -0.4 is 20.5 Å². The van der Waals surface area contributed by atoms with E-state index in [1.807, 2.05) is 0 Å². The fourth-order valence-electron chi connectivity index (χ4n) is 1.39. The number of hydrogen-bond acceptors (Lipinski definition) is 5. The summed E-state index contributed by atoms with van der Waals surface area (Å²) >= 11 is 0. The van der Waals surface area contributed by atoms with E-state index in [9.17, 15) is 4.79 Å². The molecule has 94 valence electrons. The second-order valence-electron chi connectivity index (χ2n) is 3.39. The third kappa shape index (κ3) is 3.92. The maximum Gasteiger partial charge on any atom is 0.218 e. The minimum Gasteiger partial charge on any atom is -0.493 e. The van der Waals surface area contributed by atoms with Crippen molar-refractivity contribution in [1.29, 1.82) is 0 Å². The van der Waals surface area contributed by atoms with Crippen molar-refractivity contribution in [3.8, 4) is 11.5 Å². The molecule has 0 spiro atoms. The van der Waals surface area contributed by atoms with Gasteiger partial charge in [0.25, 0.3) is 0 Å². The highest BCUT2D eigenvalue weighted by Gasteiger charge is 2.10. The minimum absolute atomic E-state index is 0.298. The van der Waals surface area contributed by atoms with Crippen LogP contribution in [0.15, 0.2) is 12.3 Å². The number of ether oxygens (including phenoxy) is 2. The lowest BCUT2D eigenvalue weighted by atomic mass is 10.3. The zero-order chi connectivity index (χ0) is 12.7. The van der Waals surface area contributed by atoms with Crippen molar-refractivity contribution in [3.63, 3.8) is 0 Å². The number of carbonyl (C=O) groups excluding carboxylic acids is 1. The number of pyridine rings is 1. The number of nitrogens with one attached hydrogen (secondary N) is 1. The van der Waals surface area contributed by atoms with Crippen molar-refractivity contribution in [3.05, 3.63) is 18.0 Å². The molecule has 0 bridgehead atoms. The lowest BCUT2D eigenvalue weighted by Gasteiger charge is -2.11. The molecular weight excluding hydrogens is 222 g/mol. The highest BCUT2D eigenvalue weighted by Crippen LogP contribution is 2.28. The molecule has 0 saturated heterocycles. The molecule has 0 fully saturated rings. The van der Waals surface area contributed by atoms with E-state index >= 15 is 0 Å². The molecular formula is C11H17N3O3. The normalized spacial score (nSPS) is 10.0. The highest BCUT2D eigenvalue weighted by atomic mass is 16.5.